The van der Waals surface area contributed by atoms with Crippen molar-refractivity contribution in [2.24, 2.45) is 7.05 Å². The van der Waals surface area contributed by atoms with Crippen molar-refractivity contribution >= 4 is 11.8 Å². The fraction of sp³-hybridized carbons (Fsp3) is 0.438. The highest BCUT2D eigenvalue weighted by Crippen LogP contribution is 2.30. The van der Waals surface area contributed by atoms with Crippen LogP contribution in [0.4, 0.5) is 0 Å². The zero-order valence-corrected chi connectivity index (χ0v) is 13.6. The monoisotopic (exact) mass is 305 g/mol. The molecule has 5 heteroatoms. The largest absolute Gasteiger partial charge is 0.394 e. The molecule has 114 valence electrons. The molecule has 4 nitrogen and oxygen atoms in total. The van der Waals surface area contributed by atoms with Gasteiger partial charge in [-0.05, 0) is 19.4 Å². The number of nitrogens with zero attached hydrogens (tertiary/aromatic N) is 2. The van der Waals surface area contributed by atoms with Crippen molar-refractivity contribution in [2.75, 3.05) is 12.4 Å². The topological polar surface area (TPSA) is 50.1 Å². The third-order valence-corrected chi connectivity index (χ3v) is 4.51. The molecule has 2 N–H and O–H groups in total. The summed E-state index contributed by atoms with van der Waals surface area (Å²) in [5.74, 6) is 0.747. The van der Waals surface area contributed by atoms with Crippen LogP contribution < -0.4 is 5.32 Å². The van der Waals surface area contributed by atoms with E-state index in [9.17, 15) is 5.11 Å². The molecule has 0 radical (unpaired) electrons. The van der Waals surface area contributed by atoms with Gasteiger partial charge in [0.25, 0.3) is 0 Å². The quantitative estimate of drug-likeness (QED) is 0.771. The molecule has 0 aliphatic heterocycles. The van der Waals surface area contributed by atoms with E-state index in [1.54, 1.807) is 16.4 Å². The van der Waals surface area contributed by atoms with E-state index >= 15 is 0 Å². The minimum atomic E-state index is -0.448. The summed E-state index contributed by atoms with van der Waals surface area (Å²) >= 11 is 1.70. The molecular weight excluding hydrogens is 282 g/mol. The summed E-state index contributed by atoms with van der Waals surface area (Å²) in [7, 11) is 1.91. The number of hydrogen-bond acceptors (Lipinski definition) is 4. The van der Waals surface area contributed by atoms with Crippen LogP contribution in [0.3, 0.4) is 0 Å². The fourth-order valence-corrected chi connectivity index (χ4v) is 3.48. The zero-order valence-electron chi connectivity index (χ0n) is 12.8. The van der Waals surface area contributed by atoms with E-state index in [1.165, 1.54) is 0 Å². The first-order chi connectivity index (χ1) is 10.1. The summed E-state index contributed by atoms with van der Waals surface area (Å²) in [6.07, 6.45) is 3.85. The minimum absolute atomic E-state index is 0.0580. The Hall–Kier alpha value is -1.30. The molecule has 21 heavy (non-hydrogen) atoms. The average Bonchev–Trinajstić information content (AvgIpc) is 2.90. The number of rotatable bonds is 7. The van der Waals surface area contributed by atoms with Gasteiger partial charge in [0, 0.05) is 29.9 Å². The average molecular weight is 305 g/mol. The lowest BCUT2D eigenvalue weighted by atomic mass is 9.92. The summed E-state index contributed by atoms with van der Waals surface area (Å²) in [6, 6.07) is 10.4. The smallest absolute Gasteiger partial charge is 0.0766 e. The van der Waals surface area contributed by atoms with Gasteiger partial charge in [0.05, 0.1) is 18.3 Å². The van der Waals surface area contributed by atoms with Gasteiger partial charge in [-0.25, -0.2) is 0 Å². The van der Waals surface area contributed by atoms with E-state index in [0.29, 0.717) is 0 Å². The van der Waals surface area contributed by atoms with Gasteiger partial charge in [0.15, 0.2) is 0 Å². The Labute approximate surface area is 130 Å². The van der Waals surface area contributed by atoms with Crippen molar-refractivity contribution in [1.29, 1.82) is 0 Å². The molecule has 0 saturated heterocycles. The highest BCUT2D eigenvalue weighted by atomic mass is 32.2. The predicted octanol–water partition coefficient (Wildman–Crippen LogP) is 2.40. The molecule has 1 aromatic carbocycles. The first-order valence-corrected chi connectivity index (χ1v) is 8.10. The van der Waals surface area contributed by atoms with Gasteiger partial charge in [-0.15, -0.1) is 11.8 Å². The Balaban J connectivity index is 2.22. The molecule has 1 aromatic heterocycles. The van der Waals surface area contributed by atoms with Crippen molar-refractivity contribution in [3.05, 3.63) is 48.3 Å². The van der Waals surface area contributed by atoms with Crippen LogP contribution in [-0.4, -0.2) is 33.3 Å². The normalized spacial score (nSPS) is 14.3. The number of aryl methyl sites for hydroxylation is 1. The molecule has 0 spiro atoms. The van der Waals surface area contributed by atoms with Gasteiger partial charge in [-0.3, -0.25) is 4.68 Å². The molecule has 1 heterocycles. The van der Waals surface area contributed by atoms with Crippen molar-refractivity contribution < 1.29 is 5.11 Å². The van der Waals surface area contributed by atoms with Gasteiger partial charge in [0.1, 0.15) is 0 Å². The van der Waals surface area contributed by atoms with Gasteiger partial charge in [0.2, 0.25) is 0 Å². The number of nitrogens with one attached hydrogen (secondary N) is 1. The molecule has 1 unspecified atom stereocenters. The Morgan fingerprint density at radius 2 is 2.05 bits per heavy atom. The zero-order chi connectivity index (χ0) is 15.3. The maximum atomic E-state index is 10.1. The number of thioether (sulfide) groups is 1. The van der Waals surface area contributed by atoms with Gasteiger partial charge in [-0.2, -0.15) is 5.10 Å². The maximum absolute atomic E-state index is 10.1. The van der Waals surface area contributed by atoms with Crippen LogP contribution >= 0.6 is 11.8 Å². The molecule has 0 fully saturated rings. The molecule has 0 saturated carbocycles. The molecule has 0 aliphatic carbocycles. The molecule has 0 amide bonds. The van der Waals surface area contributed by atoms with E-state index in [-0.39, 0.29) is 12.6 Å². The fourth-order valence-electron chi connectivity index (χ4n) is 2.38. The van der Waals surface area contributed by atoms with Gasteiger partial charge >= 0.3 is 0 Å². The van der Waals surface area contributed by atoms with Crippen molar-refractivity contribution in [1.82, 2.24) is 15.1 Å². The highest BCUT2D eigenvalue weighted by Gasteiger charge is 2.32. The van der Waals surface area contributed by atoms with Crippen molar-refractivity contribution in [3.8, 4) is 0 Å². The van der Waals surface area contributed by atoms with Crippen LogP contribution in [0.15, 0.2) is 47.6 Å². The van der Waals surface area contributed by atoms with Gasteiger partial charge < -0.3 is 10.4 Å². The van der Waals surface area contributed by atoms with Gasteiger partial charge in [-0.1, -0.05) is 30.3 Å². The number of aliphatic hydroxyl groups is 1. The lowest BCUT2D eigenvalue weighted by Crippen LogP contribution is -2.50. The maximum Gasteiger partial charge on any atom is 0.0766 e. The van der Waals surface area contributed by atoms with E-state index in [4.69, 9.17) is 0 Å². The van der Waals surface area contributed by atoms with Crippen LogP contribution in [0.5, 0.6) is 0 Å². The first-order valence-electron chi connectivity index (χ1n) is 7.11. The summed E-state index contributed by atoms with van der Waals surface area (Å²) in [5, 5.41) is 17.8. The Morgan fingerprint density at radius 1 is 1.33 bits per heavy atom. The Bertz CT molecular complexity index is 556. The summed E-state index contributed by atoms with van der Waals surface area (Å²) < 4.78 is 1.79. The van der Waals surface area contributed by atoms with Crippen LogP contribution in [0.25, 0.3) is 0 Å². The summed E-state index contributed by atoms with van der Waals surface area (Å²) in [5.41, 5.74) is 0.660. The lowest BCUT2D eigenvalue weighted by molar-refractivity contribution is 0.170. The predicted molar refractivity (Wildman–Crippen MR) is 87.4 cm³/mol. The SMILES string of the molecule is CC(C)NC(CO)(CSc1cnn(C)c1)c1ccccc1. The van der Waals surface area contributed by atoms with Crippen LogP contribution in [0.1, 0.15) is 19.4 Å². The molecule has 0 bridgehead atoms. The Morgan fingerprint density at radius 3 is 2.57 bits per heavy atom. The minimum Gasteiger partial charge on any atom is -0.394 e. The van der Waals surface area contributed by atoms with Crippen LogP contribution in [-0.2, 0) is 12.6 Å². The molecular formula is C16H23N3OS. The number of hydrogen-bond donors (Lipinski definition) is 2. The lowest BCUT2D eigenvalue weighted by Gasteiger charge is -2.35. The third kappa shape index (κ3) is 4.09. The second-order valence-corrected chi connectivity index (χ2v) is 6.59. The summed E-state index contributed by atoms with van der Waals surface area (Å²) in [6.45, 7) is 4.26. The van der Waals surface area contributed by atoms with Crippen molar-refractivity contribution in [2.45, 2.75) is 30.3 Å². The first kappa shape index (κ1) is 16.1. The van der Waals surface area contributed by atoms with E-state index < -0.39 is 5.54 Å². The number of benzene rings is 1. The standard InChI is InChI=1S/C16H23N3OS/c1-13(2)18-16(11-20,14-7-5-4-6-8-14)12-21-15-9-17-19(3)10-15/h4-10,13,18,20H,11-12H2,1-3H3. The number of aromatic nitrogens is 2. The van der Waals surface area contributed by atoms with Crippen molar-refractivity contribution in [3.63, 3.8) is 0 Å². The van der Waals surface area contributed by atoms with Crippen LogP contribution in [0.2, 0.25) is 0 Å². The molecule has 0 aliphatic rings. The molecule has 1 atom stereocenters. The van der Waals surface area contributed by atoms with E-state index in [1.807, 2.05) is 37.6 Å². The summed E-state index contributed by atoms with van der Waals surface area (Å²) in [4.78, 5) is 1.11. The molecule has 2 aromatic rings. The van der Waals surface area contributed by atoms with E-state index in [2.05, 4.69) is 36.4 Å². The third-order valence-electron chi connectivity index (χ3n) is 3.33. The van der Waals surface area contributed by atoms with E-state index in [0.717, 1.165) is 16.2 Å². The Kier molecular flexibility index (Phi) is 5.45. The molecule has 2 rings (SSSR count). The second kappa shape index (κ2) is 7.11. The van der Waals surface area contributed by atoms with Crippen LogP contribution in [0, 0.1) is 0 Å². The second-order valence-electron chi connectivity index (χ2n) is 5.54. The highest BCUT2D eigenvalue weighted by molar-refractivity contribution is 7.99. The number of aliphatic hydroxyl groups excluding tert-OH is 1.